The number of hydrogen-bond acceptors (Lipinski definition) is 6. The van der Waals surface area contributed by atoms with Gasteiger partial charge in [0.15, 0.2) is 17.1 Å². The fraction of sp³-hybridized carbons (Fsp3) is 0.381. The van der Waals surface area contributed by atoms with Gasteiger partial charge in [-0.15, -0.1) is 10.2 Å². The number of carbonyl (C=O) groups excluding carboxylic acids is 1. The third-order valence-electron chi connectivity index (χ3n) is 4.44. The van der Waals surface area contributed by atoms with Gasteiger partial charge in [-0.05, 0) is 50.1 Å². The van der Waals surface area contributed by atoms with Crippen molar-refractivity contribution < 1.29 is 13.9 Å². The van der Waals surface area contributed by atoms with Crippen molar-refractivity contribution >= 4 is 17.7 Å². The number of amides is 1. The van der Waals surface area contributed by atoms with Gasteiger partial charge in [-0.25, -0.2) is 0 Å². The Labute approximate surface area is 174 Å². The molecular weight excluding hydrogens is 388 g/mol. The zero-order chi connectivity index (χ0) is 20.6. The van der Waals surface area contributed by atoms with E-state index in [2.05, 4.69) is 34.6 Å². The molecule has 0 spiro atoms. The summed E-state index contributed by atoms with van der Waals surface area (Å²) in [4.78, 5) is 12.1. The molecule has 0 aliphatic rings. The molecule has 0 radical (unpaired) electrons. The number of aromatic nitrogens is 3. The van der Waals surface area contributed by atoms with Crippen molar-refractivity contribution in [1.82, 2.24) is 20.1 Å². The molecule has 29 heavy (non-hydrogen) atoms. The minimum absolute atomic E-state index is 0.0843. The first-order valence-corrected chi connectivity index (χ1v) is 10.7. The van der Waals surface area contributed by atoms with E-state index < -0.39 is 0 Å². The molecular formula is C21H26N4O3S. The Bertz CT molecular complexity index is 907. The van der Waals surface area contributed by atoms with Crippen LogP contribution < -0.4 is 10.1 Å². The van der Waals surface area contributed by atoms with Crippen molar-refractivity contribution in [3.05, 3.63) is 59.8 Å². The van der Waals surface area contributed by atoms with Crippen LogP contribution in [-0.4, -0.2) is 26.4 Å². The van der Waals surface area contributed by atoms with Crippen molar-refractivity contribution in [2.45, 2.75) is 51.5 Å². The van der Waals surface area contributed by atoms with Gasteiger partial charge in [-0.2, -0.15) is 0 Å². The molecule has 1 amide bonds. The van der Waals surface area contributed by atoms with Gasteiger partial charge in [-0.1, -0.05) is 30.8 Å². The third-order valence-corrected chi connectivity index (χ3v) is 5.41. The lowest BCUT2D eigenvalue weighted by Gasteiger charge is -2.15. The van der Waals surface area contributed by atoms with Crippen LogP contribution in [0.3, 0.4) is 0 Å². The number of furan rings is 1. The van der Waals surface area contributed by atoms with Crippen molar-refractivity contribution in [2.75, 3.05) is 5.75 Å². The van der Waals surface area contributed by atoms with Gasteiger partial charge in [-0.3, -0.25) is 4.79 Å². The molecule has 3 rings (SSSR count). The molecule has 0 bridgehead atoms. The van der Waals surface area contributed by atoms with Crippen LogP contribution in [0.2, 0.25) is 0 Å². The molecule has 0 aliphatic heterocycles. The zero-order valence-corrected chi connectivity index (χ0v) is 17.7. The van der Waals surface area contributed by atoms with Gasteiger partial charge < -0.3 is 19.0 Å². The highest BCUT2D eigenvalue weighted by atomic mass is 32.2. The smallest absolute Gasteiger partial charge is 0.230 e. The lowest BCUT2D eigenvalue weighted by atomic mass is 10.2. The quantitative estimate of drug-likeness (QED) is 0.505. The minimum atomic E-state index is -0.253. The van der Waals surface area contributed by atoms with Gasteiger partial charge in [0.1, 0.15) is 11.5 Å². The molecule has 0 aliphatic carbocycles. The largest absolute Gasteiger partial charge is 0.483 e. The highest BCUT2D eigenvalue weighted by molar-refractivity contribution is 7.99. The fourth-order valence-electron chi connectivity index (χ4n) is 2.85. The van der Waals surface area contributed by atoms with E-state index in [1.165, 1.54) is 17.3 Å². The minimum Gasteiger partial charge on any atom is -0.483 e. The summed E-state index contributed by atoms with van der Waals surface area (Å²) in [7, 11) is 0. The summed E-state index contributed by atoms with van der Waals surface area (Å²) in [5, 5.41) is 12.1. The maximum absolute atomic E-state index is 12.1. The van der Waals surface area contributed by atoms with Gasteiger partial charge >= 0.3 is 0 Å². The van der Waals surface area contributed by atoms with Crippen LogP contribution in [0.25, 0.3) is 0 Å². The number of nitrogens with one attached hydrogen (secondary N) is 1. The number of aryl methyl sites for hydroxylation is 1. The van der Waals surface area contributed by atoms with E-state index in [9.17, 15) is 4.79 Å². The molecule has 2 aromatic heterocycles. The van der Waals surface area contributed by atoms with Crippen LogP contribution in [0.1, 0.15) is 44.0 Å². The van der Waals surface area contributed by atoms with E-state index in [-0.39, 0.29) is 17.8 Å². The molecule has 1 unspecified atom stereocenters. The number of thioether (sulfide) groups is 1. The summed E-state index contributed by atoms with van der Waals surface area (Å²) < 4.78 is 13.2. The van der Waals surface area contributed by atoms with Crippen molar-refractivity contribution in [2.24, 2.45) is 0 Å². The maximum Gasteiger partial charge on any atom is 0.230 e. The summed E-state index contributed by atoms with van der Waals surface area (Å²) in [5.41, 5.74) is 1.27. The van der Waals surface area contributed by atoms with Gasteiger partial charge in [0.25, 0.3) is 0 Å². The van der Waals surface area contributed by atoms with Gasteiger partial charge in [0.2, 0.25) is 5.91 Å². The van der Waals surface area contributed by atoms with Gasteiger partial charge in [0.05, 0.1) is 18.6 Å². The molecule has 0 fully saturated rings. The van der Waals surface area contributed by atoms with Crippen LogP contribution in [-0.2, 0) is 24.3 Å². The molecule has 3 aromatic rings. The number of rotatable bonds is 10. The Morgan fingerprint density at radius 1 is 1.24 bits per heavy atom. The first-order chi connectivity index (χ1) is 14.1. The average Bonchev–Trinajstić information content (AvgIpc) is 3.40. The molecule has 1 aromatic carbocycles. The molecule has 0 saturated heterocycles. The Morgan fingerprint density at radius 2 is 2.03 bits per heavy atom. The topological polar surface area (TPSA) is 82.2 Å². The van der Waals surface area contributed by atoms with E-state index in [0.717, 1.165) is 23.8 Å². The van der Waals surface area contributed by atoms with E-state index in [4.69, 9.17) is 9.15 Å². The van der Waals surface area contributed by atoms with E-state index in [0.29, 0.717) is 18.2 Å². The molecule has 1 N–H and O–H groups in total. The van der Waals surface area contributed by atoms with Crippen LogP contribution >= 0.6 is 11.8 Å². The second kappa shape index (κ2) is 10.2. The van der Waals surface area contributed by atoms with Crippen molar-refractivity contribution in [3.63, 3.8) is 0 Å². The third kappa shape index (κ3) is 5.63. The monoisotopic (exact) mass is 414 g/mol. The number of carbonyl (C=O) groups is 1. The summed E-state index contributed by atoms with van der Waals surface area (Å²) >= 11 is 1.36. The first-order valence-electron chi connectivity index (χ1n) is 9.71. The summed E-state index contributed by atoms with van der Waals surface area (Å²) in [6.07, 6.45) is 2.33. The lowest BCUT2D eigenvalue weighted by molar-refractivity contribution is -0.118. The van der Waals surface area contributed by atoms with Crippen LogP contribution in [0.15, 0.2) is 52.2 Å². The molecule has 1 atom stereocenters. The average molecular weight is 415 g/mol. The number of ether oxygens (including phenoxy) is 1. The molecule has 0 saturated carbocycles. The summed E-state index contributed by atoms with van der Waals surface area (Å²) in [6.45, 7) is 7.17. The maximum atomic E-state index is 12.1. The highest BCUT2D eigenvalue weighted by Crippen LogP contribution is 2.25. The standard InChI is InChI=1S/C21H26N4O3S/c1-4-16-8-10-17(11-9-16)28-15(3)20-23-24-21(25(20)5-2)29-14-19(26)22-13-18-7-6-12-27-18/h6-12,15H,4-5,13-14H2,1-3H3,(H,22,26). The highest BCUT2D eigenvalue weighted by Gasteiger charge is 2.19. The molecule has 2 heterocycles. The van der Waals surface area contributed by atoms with Gasteiger partial charge in [0, 0.05) is 6.54 Å². The Morgan fingerprint density at radius 3 is 2.69 bits per heavy atom. The summed E-state index contributed by atoms with van der Waals surface area (Å²) in [6, 6.07) is 11.7. The molecule has 7 nitrogen and oxygen atoms in total. The zero-order valence-electron chi connectivity index (χ0n) is 16.9. The predicted molar refractivity (Wildman–Crippen MR) is 112 cm³/mol. The van der Waals surface area contributed by atoms with E-state index in [1.54, 1.807) is 12.3 Å². The molecule has 8 heteroatoms. The Kier molecular flexibility index (Phi) is 7.35. The molecule has 154 valence electrons. The number of nitrogens with zero attached hydrogens (tertiary/aromatic N) is 3. The number of hydrogen-bond donors (Lipinski definition) is 1. The second-order valence-electron chi connectivity index (χ2n) is 6.49. The Balaban J connectivity index is 1.57. The first kappa shape index (κ1) is 21.0. The summed E-state index contributed by atoms with van der Waals surface area (Å²) in [5.74, 6) is 2.43. The van der Waals surface area contributed by atoms with Crippen LogP contribution in [0.4, 0.5) is 0 Å². The number of benzene rings is 1. The van der Waals surface area contributed by atoms with Crippen molar-refractivity contribution in [3.8, 4) is 5.75 Å². The van der Waals surface area contributed by atoms with E-state index in [1.807, 2.05) is 36.6 Å². The van der Waals surface area contributed by atoms with Crippen LogP contribution in [0, 0.1) is 0 Å². The fourth-order valence-corrected chi connectivity index (χ4v) is 3.68. The van der Waals surface area contributed by atoms with E-state index >= 15 is 0 Å². The Hall–Kier alpha value is -2.74. The van der Waals surface area contributed by atoms with Crippen LogP contribution in [0.5, 0.6) is 5.75 Å². The predicted octanol–water partition coefficient (Wildman–Crippen LogP) is 4.00. The SMILES string of the molecule is CCc1ccc(OC(C)c2nnc(SCC(=O)NCc3ccco3)n2CC)cc1. The lowest BCUT2D eigenvalue weighted by Crippen LogP contribution is -2.24. The van der Waals surface area contributed by atoms with Crippen molar-refractivity contribution in [1.29, 1.82) is 0 Å². The normalized spacial score (nSPS) is 12.0. The second-order valence-corrected chi connectivity index (χ2v) is 7.43.